The van der Waals surface area contributed by atoms with Gasteiger partial charge < -0.3 is 14.6 Å². The fraction of sp³-hybridized carbons (Fsp3) is 0.400. The molecule has 1 N–H and O–H groups in total. The molecule has 0 radical (unpaired) electrons. The zero-order chi connectivity index (χ0) is 13.2. The Labute approximate surface area is 112 Å². The summed E-state index contributed by atoms with van der Waals surface area (Å²) in [6.07, 6.45) is 3.35. The van der Waals surface area contributed by atoms with Gasteiger partial charge in [-0.15, -0.1) is 0 Å². The van der Waals surface area contributed by atoms with Gasteiger partial charge in [-0.05, 0) is 37.6 Å². The Balaban J connectivity index is 1.78. The summed E-state index contributed by atoms with van der Waals surface area (Å²) in [5.74, 6) is 0.619. The first-order chi connectivity index (χ1) is 9.25. The smallest absolute Gasteiger partial charge is 0.227 e. The van der Waals surface area contributed by atoms with Crippen molar-refractivity contribution >= 4 is 22.6 Å². The van der Waals surface area contributed by atoms with Crippen LogP contribution in [-0.4, -0.2) is 26.0 Å². The van der Waals surface area contributed by atoms with Gasteiger partial charge in [0.05, 0.1) is 5.69 Å². The first-order valence-electron chi connectivity index (χ1n) is 6.69. The Hall–Kier alpha value is -1.81. The van der Waals surface area contributed by atoms with Crippen molar-refractivity contribution in [3.05, 3.63) is 30.5 Å². The maximum absolute atomic E-state index is 12.3. The molecule has 0 saturated carbocycles. The molecule has 1 unspecified atom stereocenters. The first-order valence-corrected chi connectivity index (χ1v) is 6.69. The monoisotopic (exact) mass is 258 g/mol. The first kappa shape index (κ1) is 12.2. The predicted octanol–water partition coefficient (Wildman–Crippen LogP) is 2.40. The molecular formula is C15H18N2O2. The second-order valence-electron chi connectivity index (χ2n) is 5.13. The van der Waals surface area contributed by atoms with E-state index in [1.54, 1.807) is 11.2 Å². The lowest BCUT2D eigenvalue weighted by atomic mass is 10.0. The van der Waals surface area contributed by atoms with Crippen LogP contribution in [0.5, 0.6) is 0 Å². The molecule has 2 heterocycles. The van der Waals surface area contributed by atoms with E-state index in [0.29, 0.717) is 12.3 Å². The zero-order valence-electron chi connectivity index (χ0n) is 11.1. The van der Waals surface area contributed by atoms with Crippen LogP contribution in [0.3, 0.4) is 0 Å². The van der Waals surface area contributed by atoms with E-state index in [1.807, 2.05) is 31.3 Å². The third-order valence-corrected chi connectivity index (χ3v) is 3.82. The molecule has 4 nitrogen and oxygen atoms in total. The molecule has 1 aliphatic heterocycles. The highest BCUT2D eigenvalue weighted by molar-refractivity contribution is 6.02. The van der Waals surface area contributed by atoms with Crippen molar-refractivity contribution in [1.29, 1.82) is 0 Å². The average molecular weight is 258 g/mol. The summed E-state index contributed by atoms with van der Waals surface area (Å²) in [4.78, 5) is 14.0. The molecule has 100 valence electrons. The van der Waals surface area contributed by atoms with Crippen molar-refractivity contribution < 1.29 is 9.21 Å². The van der Waals surface area contributed by atoms with E-state index in [4.69, 9.17) is 4.42 Å². The summed E-state index contributed by atoms with van der Waals surface area (Å²) in [7, 11) is 1.82. The van der Waals surface area contributed by atoms with Gasteiger partial charge in [-0.3, -0.25) is 4.79 Å². The lowest BCUT2D eigenvalue weighted by molar-refractivity contribution is -0.119. The van der Waals surface area contributed by atoms with E-state index < -0.39 is 0 Å². The average Bonchev–Trinajstić information content (AvgIpc) is 3.06. The van der Waals surface area contributed by atoms with Crippen LogP contribution < -0.4 is 10.2 Å². The standard InChI is InChI=1S/C15H18N2O2/c1-17(15(18)8-11-6-7-16-9-11)13-10-19-14-5-3-2-4-12(13)14/h2-5,10-11,16H,6-9H2,1H3. The topological polar surface area (TPSA) is 45.5 Å². The second kappa shape index (κ2) is 5.05. The highest BCUT2D eigenvalue weighted by Crippen LogP contribution is 2.29. The molecule has 1 aliphatic rings. The third kappa shape index (κ3) is 2.36. The van der Waals surface area contributed by atoms with Crippen molar-refractivity contribution in [2.45, 2.75) is 12.8 Å². The molecular weight excluding hydrogens is 240 g/mol. The van der Waals surface area contributed by atoms with Crippen LogP contribution in [0.15, 0.2) is 34.9 Å². The summed E-state index contributed by atoms with van der Waals surface area (Å²) >= 11 is 0. The quantitative estimate of drug-likeness (QED) is 0.919. The van der Waals surface area contributed by atoms with Gasteiger partial charge in [-0.1, -0.05) is 12.1 Å². The molecule has 0 bridgehead atoms. The number of hydrogen-bond donors (Lipinski definition) is 1. The van der Waals surface area contributed by atoms with E-state index in [0.717, 1.165) is 36.2 Å². The molecule has 1 aromatic heterocycles. The number of para-hydroxylation sites is 1. The Bertz CT molecular complexity index is 585. The molecule has 4 heteroatoms. The van der Waals surface area contributed by atoms with Crippen LogP contribution in [0.4, 0.5) is 5.69 Å². The molecule has 1 fully saturated rings. The number of nitrogens with zero attached hydrogens (tertiary/aromatic N) is 1. The van der Waals surface area contributed by atoms with Crippen LogP contribution >= 0.6 is 0 Å². The van der Waals surface area contributed by atoms with E-state index in [9.17, 15) is 4.79 Å². The molecule has 1 saturated heterocycles. The largest absolute Gasteiger partial charge is 0.462 e. The number of fused-ring (bicyclic) bond motifs is 1. The Kier molecular flexibility index (Phi) is 3.25. The molecule has 2 aromatic rings. The van der Waals surface area contributed by atoms with Crippen molar-refractivity contribution in [1.82, 2.24) is 5.32 Å². The SMILES string of the molecule is CN(C(=O)CC1CCNC1)c1coc2ccccc12. The normalized spacial score (nSPS) is 18.9. The van der Waals surface area contributed by atoms with Gasteiger partial charge in [0.1, 0.15) is 11.8 Å². The van der Waals surface area contributed by atoms with E-state index in [2.05, 4.69) is 5.32 Å². The van der Waals surface area contributed by atoms with Gasteiger partial charge in [-0.25, -0.2) is 0 Å². The van der Waals surface area contributed by atoms with E-state index >= 15 is 0 Å². The van der Waals surface area contributed by atoms with Crippen molar-refractivity contribution in [3.63, 3.8) is 0 Å². The summed E-state index contributed by atoms with van der Waals surface area (Å²) in [5, 5.41) is 4.28. The minimum atomic E-state index is 0.153. The lowest BCUT2D eigenvalue weighted by Crippen LogP contribution is -2.28. The number of nitrogens with one attached hydrogen (secondary N) is 1. The number of amides is 1. The highest BCUT2D eigenvalue weighted by Gasteiger charge is 2.22. The minimum Gasteiger partial charge on any atom is -0.462 e. The molecule has 0 aliphatic carbocycles. The summed E-state index contributed by atoms with van der Waals surface area (Å²) in [5.41, 5.74) is 1.67. The number of rotatable bonds is 3. The van der Waals surface area contributed by atoms with Gasteiger partial charge in [0.25, 0.3) is 0 Å². The van der Waals surface area contributed by atoms with Crippen molar-refractivity contribution in [3.8, 4) is 0 Å². The molecule has 3 rings (SSSR count). The number of carbonyl (C=O) groups is 1. The summed E-state index contributed by atoms with van der Waals surface area (Å²) in [6, 6.07) is 7.79. The lowest BCUT2D eigenvalue weighted by Gasteiger charge is -2.17. The maximum atomic E-state index is 12.3. The third-order valence-electron chi connectivity index (χ3n) is 3.82. The fourth-order valence-corrected chi connectivity index (χ4v) is 2.63. The van der Waals surface area contributed by atoms with Gasteiger partial charge >= 0.3 is 0 Å². The van der Waals surface area contributed by atoms with Gasteiger partial charge in [0.15, 0.2) is 0 Å². The van der Waals surface area contributed by atoms with Crippen LogP contribution in [0.25, 0.3) is 11.0 Å². The summed E-state index contributed by atoms with van der Waals surface area (Å²) < 4.78 is 5.48. The maximum Gasteiger partial charge on any atom is 0.227 e. The van der Waals surface area contributed by atoms with Crippen molar-refractivity contribution in [2.75, 3.05) is 25.0 Å². The molecule has 19 heavy (non-hydrogen) atoms. The van der Waals surface area contributed by atoms with Crippen molar-refractivity contribution in [2.24, 2.45) is 5.92 Å². The summed E-state index contributed by atoms with van der Waals surface area (Å²) in [6.45, 7) is 1.97. The Morgan fingerprint density at radius 2 is 2.32 bits per heavy atom. The predicted molar refractivity (Wildman–Crippen MR) is 75.2 cm³/mol. The fourth-order valence-electron chi connectivity index (χ4n) is 2.63. The van der Waals surface area contributed by atoms with E-state index in [-0.39, 0.29) is 5.91 Å². The second-order valence-corrected chi connectivity index (χ2v) is 5.13. The van der Waals surface area contributed by atoms with Crippen LogP contribution in [0, 0.1) is 5.92 Å². The van der Waals surface area contributed by atoms with Crippen LogP contribution in [0.2, 0.25) is 0 Å². The number of hydrogen-bond acceptors (Lipinski definition) is 3. The van der Waals surface area contributed by atoms with E-state index in [1.165, 1.54) is 0 Å². The molecule has 1 atom stereocenters. The number of carbonyl (C=O) groups excluding carboxylic acids is 1. The van der Waals surface area contributed by atoms with Gasteiger partial charge in [0.2, 0.25) is 5.91 Å². The Morgan fingerprint density at radius 3 is 3.11 bits per heavy atom. The molecule has 1 amide bonds. The number of anilines is 1. The zero-order valence-corrected chi connectivity index (χ0v) is 11.1. The van der Waals surface area contributed by atoms with Crippen LogP contribution in [-0.2, 0) is 4.79 Å². The molecule has 1 aromatic carbocycles. The number of benzene rings is 1. The Morgan fingerprint density at radius 1 is 1.47 bits per heavy atom. The van der Waals surface area contributed by atoms with Gasteiger partial charge in [0, 0.05) is 18.9 Å². The minimum absolute atomic E-state index is 0.153. The van der Waals surface area contributed by atoms with Crippen LogP contribution in [0.1, 0.15) is 12.8 Å². The molecule has 0 spiro atoms. The highest BCUT2D eigenvalue weighted by atomic mass is 16.3. The van der Waals surface area contributed by atoms with Gasteiger partial charge in [-0.2, -0.15) is 0 Å². The number of furan rings is 1.